The highest BCUT2D eigenvalue weighted by molar-refractivity contribution is 5.73. The summed E-state index contributed by atoms with van der Waals surface area (Å²) in [5, 5.41) is 0. The third kappa shape index (κ3) is 2.03. The van der Waals surface area contributed by atoms with Crippen molar-refractivity contribution in [2.24, 2.45) is 0 Å². The van der Waals surface area contributed by atoms with Crippen LogP contribution in [0, 0.1) is 0 Å². The Labute approximate surface area is 95.4 Å². The average Bonchev–Trinajstić information content (AvgIpc) is 2.29. The molecule has 1 heterocycles. The number of benzene rings is 1. The molecule has 0 fully saturated rings. The van der Waals surface area contributed by atoms with Gasteiger partial charge in [-0.25, -0.2) is 0 Å². The highest BCUT2D eigenvalue weighted by Gasteiger charge is 2.21. The highest BCUT2D eigenvalue weighted by atomic mass is 16.5. The fraction of sp³-hybridized carbons (Fsp3) is 0.462. The molecular weight excluding hydrogens is 204 g/mol. The molecule has 16 heavy (non-hydrogen) atoms. The number of methoxy groups -OCH3 is 1. The minimum atomic E-state index is -0.203. The molecule has 86 valence electrons. The molecule has 0 bridgehead atoms. The van der Waals surface area contributed by atoms with Crippen LogP contribution in [0.3, 0.4) is 0 Å². The molecule has 0 radical (unpaired) electrons. The number of carbonyl (C=O) groups excluding carboxylic acids is 1. The van der Waals surface area contributed by atoms with E-state index in [1.54, 1.807) is 0 Å². The van der Waals surface area contributed by atoms with Crippen molar-refractivity contribution < 1.29 is 14.3 Å². The molecule has 0 amide bonds. The molecule has 0 N–H and O–H groups in total. The van der Waals surface area contributed by atoms with E-state index < -0.39 is 0 Å². The van der Waals surface area contributed by atoms with Crippen molar-refractivity contribution >= 4 is 5.97 Å². The highest BCUT2D eigenvalue weighted by Crippen LogP contribution is 2.36. The van der Waals surface area contributed by atoms with Gasteiger partial charge in [0.05, 0.1) is 20.1 Å². The number of esters is 1. The van der Waals surface area contributed by atoms with Crippen molar-refractivity contribution in [2.75, 3.05) is 13.7 Å². The summed E-state index contributed by atoms with van der Waals surface area (Å²) in [7, 11) is 1.41. The van der Waals surface area contributed by atoms with Gasteiger partial charge in [0.25, 0.3) is 0 Å². The number of hydrogen-bond acceptors (Lipinski definition) is 3. The van der Waals surface area contributed by atoms with Crippen molar-refractivity contribution in [3.8, 4) is 5.75 Å². The summed E-state index contributed by atoms with van der Waals surface area (Å²) in [5.41, 5.74) is 2.19. The molecule has 3 heteroatoms. The standard InChI is InChI=1S/C13H16O3/c1-9-6-7-16-11-5-3-4-10(13(9)11)8-12(14)15-2/h3-5,9H,6-8H2,1-2H3/t9-/m1/s1. The molecule has 1 aromatic rings. The summed E-state index contributed by atoms with van der Waals surface area (Å²) in [6.07, 6.45) is 1.33. The van der Waals surface area contributed by atoms with Crippen LogP contribution in [0.5, 0.6) is 5.75 Å². The molecule has 0 saturated heterocycles. The van der Waals surface area contributed by atoms with Gasteiger partial charge >= 0.3 is 5.97 Å². The van der Waals surface area contributed by atoms with Gasteiger partial charge in [0, 0.05) is 5.56 Å². The first-order valence-corrected chi connectivity index (χ1v) is 5.53. The van der Waals surface area contributed by atoms with Crippen molar-refractivity contribution in [3.05, 3.63) is 29.3 Å². The lowest BCUT2D eigenvalue weighted by Gasteiger charge is -2.25. The van der Waals surface area contributed by atoms with E-state index in [4.69, 9.17) is 9.47 Å². The van der Waals surface area contributed by atoms with Crippen LogP contribution in [-0.2, 0) is 16.0 Å². The topological polar surface area (TPSA) is 35.5 Å². The van der Waals surface area contributed by atoms with E-state index in [2.05, 4.69) is 6.92 Å². The van der Waals surface area contributed by atoms with Crippen LogP contribution >= 0.6 is 0 Å². The monoisotopic (exact) mass is 220 g/mol. The van der Waals surface area contributed by atoms with Gasteiger partial charge < -0.3 is 9.47 Å². The Morgan fingerprint density at radius 1 is 1.56 bits per heavy atom. The van der Waals surface area contributed by atoms with Gasteiger partial charge in [0.1, 0.15) is 5.75 Å². The maximum Gasteiger partial charge on any atom is 0.309 e. The van der Waals surface area contributed by atoms with Crippen molar-refractivity contribution in [1.82, 2.24) is 0 Å². The molecule has 1 atom stereocenters. The number of carbonyl (C=O) groups is 1. The molecule has 1 aromatic carbocycles. The zero-order valence-electron chi connectivity index (χ0n) is 9.66. The lowest BCUT2D eigenvalue weighted by molar-refractivity contribution is -0.139. The van der Waals surface area contributed by atoms with Gasteiger partial charge in [-0.1, -0.05) is 19.1 Å². The quantitative estimate of drug-likeness (QED) is 0.717. The fourth-order valence-corrected chi connectivity index (χ4v) is 2.15. The Balaban J connectivity index is 2.34. The second-order valence-corrected chi connectivity index (χ2v) is 4.12. The summed E-state index contributed by atoms with van der Waals surface area (Å²) in [6, 6.07) is 5.86. The molecular formula is C13H16O3. The van der Waals surface area contributed by atoms with Crippen LogP contribution in [0.1, 0.15) is 30.4 Å². The third-order valence-electron chi connectivity index (χ3n) is 3.02. The minimum Gasteiger partial charge on any atom is -0.493 e. The zero-order valence-corrected chi connectivity index (χ0v) is 9.66. The van der Waals surface area contributed by atoms with Crippen LogP contribution in [0.2, 0.25) is 0 Å². The van der Waals surface area contributed by atoms with Crippen molar-refractivity contribution in [3.63, 3.8) is 0 Å². The number of fused-ring (bicyclic) bond motifs is 1. The van der Waals surface area contributed by atoms with Crippen molar-refractivity contribution in [2.45, 2.75) is 25.7 Å². The Kier molecular flexibility index (Phi) is 3.13. The summed E-state index contributed by atoms with van der Waals surface area (Å²) in [5.74, 6) is 1.16. The largest absolute Gasteiger partial charge is 0.493 e. The van der Waals surface area contributed by atoms with E-state index in [-0.39, 0.29) is 5.97 Å². The molecule has 0 spiro atoms. The van der Waals surface area contributed by atoms with Gasteiger partial charge in [-0.05, 0) is 24.0 Å². The first-order chi connectivity index (χ1) is 7.72. The molecule has 1 aliphatic heterocycles. The average molecular weight is 220 g/mol. The van der Waals surface area contributed by atoms with Crippen LogP contribution < -0.4 is 4.74 Å². The first kappa shape index (κ1) is 11.0. The van der Waals surface area contributed by atoms with Gasteiger partial charge in [-0.2, -0.15) is 0 Å². The van der Waals surface area contributed by atoms with Crippen LogP contribution in [0.15, 0.2) is 18.2 Å². The van der Waals surface area contributed by atoms with Gasteiger partial charge in [0.2, 0.25) is 0 Å². The Bertz CT molecular complexity index is 398. The van der Waals surface area contributed by atoms with E-state index in [1.807, 2.05) is 18.2 Å². The molecule has 0 aromatic heterocycles. The molecule has 0 saturated carbocycles. The summed E-state index contributed by atoms with van der Waals surface area (Å²) in [6.45, 7) is 2.93. The molecule has 3 nitrogen and oxygen atoms in total. The normalized spacial score (nSPS) is 18.5. The second kappa shape index (κ2) is 4.56. The third-order valence-corrected chi connectivity index (χ3v) is 3.02. The number of ether oxygens (including phenoxy) is 2. The zero-order chi connectivity index (χ0) is 11.5. The van der Waals surface area contributed by atoms with E-state index in [0.29, 0.717) is 12.3 Å². The number of hydrogen-bond donors (Lipinski definition) is 0. The van der Waals surface area contributed by atoms with Gasteiger partial charge in [-0.3, -0.25) is 4.79 Å². The summed E-state index contributed by atoms with van der Waals surface area (Å²) < 4.78 is 10.3. The second-order valence-electron chi connectivity index (χ2n) is 4.12. The van der Waals surface area contributed by atoms with E-state index in [0.717, 1.165) is 24.3 Å². The lowest BCUT2D eigenvalue weighted by Crippen LogP contribution is -2.16. The summed E-state index contributed by atoms with van der Waals surface area (Å²) in [4.78, 5) is 11.3. The Morgan fingerprint density at radius 3 is 3.12 bits per heavy atom. The minimum absolute atomic E-state index is 0.203. The van der Waals surface area contributed by atoms with Crippen LogP contribution in [0.25, 0.3) is 0 Å². The Morgan fingerprint density at radius 2 is 2.38 bits per heavy atom. The molecule has 1 aliphatic rings. The van der Waals surface area contributed by atoms with Gasteiger partial charge in [0.15, 0.2) is 0 Å². The van der Waals surface area contributed by atoms with Crippen LogP contribution in [-0.4, -0.2) is 19.7 Å². The van der Waals surface area contributed by atoms with Crippen molar-refractivity contribution in [1.29, 1.82) is 0 Å². The van der Waals surface area contributed by atoms with E-state index in [9.17, 15) is 4.79 Å². The first-order valence-electron chi connectivity index (χ1n) is 5.53. The maximum absolute atomic E-state index is 11.3. The van der Waals surface area contributed by atoms with Crippen LogP contribution in [0.4, 0.5) is 0 Å². The molecule has 0 unspecified atom stereocenters. The molecule has 0 aliphatic carbocycles. The maximum atomic E-state index is 11.3. The van der Waals surface area contributed by atoms with Gasteiger partial charge in [-0.15, -0.1) is 0 Å². The van der Waals surface area contributed by atoms with E-state index >= 15 is 0 Å². The molecule has 2 rings (SSSR count). The smallest absolute Gasteiger partial charge is 0.309 e. The summed E-state index contributed by atoms with van der Waals surface area (Å²) >= 11 is 0. The number of rotatable bonds is 2. The SMILES string of the molecule is COC(=O)Cc1cccc2c1[C@H](C)CCO2. The fourth-order valence-electron chi connectivity index (χ4n) is 2.15. The lowest BCUT2D eigenvalue weighted by atomic mass is 9.89. The van der Waals surface area contributed by atoms with E-state index in [1.165, 1.54) is 12.7 Å². The predicted octanol–water partition coefficient (Wildman–Crippen LogP) is 2.29. The predicted molar refractivity (Wildman–Crippen MR) is 60.7 cm³/mol. The Hall–Kier alpha value is -1.51.